The Morgan fingerprint density at radius 1 is 1.30 bits per heavy atom. The molecule has 2 aromatic carbocycles. The molecule has 0 aliphatic heterocycles. The van der Waals surface area contributed by atoms with Crippen molar-refractivity contribution in [2.45, 2.75) is 6.92 Å². The number of anilines is 2. The van der Waals surface area contributed by atoms with Crippen LogP contribution in [0.25, 0.3) is 0 Å². The fraction of sp³-hybridized carbons (Fsp3) is 0.133. The highest BCUT2D eigenvalue weighted by atomic mass is 16.5. The van der Waals surface area contributed by atoms with E-state index < -0.39 is 0 Å². The number of nitrogens with one attached hydrogen (secondary N) is 1. The van der Waals surface area contributed by atoms with Crippen LogP contribution in [0.15, 0.2) is 42.5 Å². The summed E-state index contributed by atoms with van der Waals surface area (Å²) in [6.45, 7) is 2.44. The van der Waals surface area contributed by atoms with Crippen molar-refractivity contribution in [2.24, 2.45) is 0 Å². The number of nitrogens with two attached hydrogens (primary N) is 1. The zero-order valence-electron chi connectivity index (χ0n) is 11.1. The van der Waals surface area contributed by atoms with Gasteiger partial charge in [0.15, 0.2) is 0 Å². The first-order valence-corrected chi connectivity index (χ1v) is 6.23. The highest BCUT2D eigenvalue weighted by Gasteiger charge is 2.11. The second-order valence-electron chi connectivity index (χ2n) is 4.19. The highest BCUT2D eigenvalue weighted by molar-refractivity contribution is 6.08. The van der Waals surface area contributed by atoms with Crippen LogP contribution in [-0.2, 0) is 0 Å². The van der Waals surface area contributed by atoms with Crippen LogP contribution >= 0.6 is 0 Å². The molecule has 0 saturated heterocycles. The molecule has 0 heterocycles. The third-order valence-electron chi connectivity index (χ3n) is 2.68. The normalized spacial score (nSPS) is 10.1. The molecule has 5 nitrogen and oxygen atoms in total. The van der Waals surface area contributed by atoms with Gasteiger partial charge in [0.05, 0.1) is 12.2 Å². The van der Waals surface area contributed by atoms with Crippen LogP contribution in [0.5, 0.6) is 11.5 Å². The van der Waals surface area contributed by atoms with Gasteiger partial charge in [0.2, 0.25) is 0 Å². The molecule has 4 N–H and O–H groups in total. The van der Waals surface area contributed by atoms with Crippen LogP contribution in [0.1, 0.15) is 17.3 Å². The predicted molar refractivity (Wildman–Crippen MR) is 78.1 cm³/mol. The minimum atomic E-state index is -0.382. The van der Waals surface area contributed by atoms with E-state index >= 15 is 0 Å². The number of hydrogen-bond acceptors (Lipinski definition) is 4. The van der Waals surface area contributed by atoms with Crippen molar-refractivity contribution in [3.8, 4) is 11.5 Å². The number of ether oxygens (including phenoxy) is 1. The van der Waals surface area contributed by atoms with Crippen molar-refractivity contribution in [1.82, 2.24) is 0 Å². The van der Waals surface area contributed by atoms with Crippen molar-refractivity contribution in [3.05, 3.63) is 48.0 Å². The zero-order valence-corrected chi connectivity index (χ0v) is 11.1. The maximum Gasteiger partial charge on any atom is 0.257 e. The fourth-order valence-corrected chi connectivity index (χ4v) is 1.77. The minimum absolute atomic E-state index is 0.00702. The lowest BCUT2D eigenvalue weighted by Gasteiger charge is -2.09. The lowest BCUT2D eigenvalue weighted by atomic mass is 10.1. The number of aromatic hydroxyl groups is 1. The molecule has 104 valence electrons. The molecule has 0 aliphatic rings. The van der Waals surface area contributed by atoms with Crippen LogP contribution < -0.4 is 15.8 Å². The number of amides is 1. The Hall–Kier alpha value is -2.69. The quantitative estimate of drug-likeness (QED) is 0.590. The number of carbonyl (C=O) groups excluding carboxylic acids is 1. The molecule has 0 aromatic heterocycles. The molecule has 0 bridgehead atoms. The van der Waals surface area contributed by atoms with Crippen LogP contribution in [-0.4, -0.2) is 17.6 Å². The molecule has 0 fully saturated rings. The highest BCUT2D eigenvalue weighted by Crippen LogP contribution is 2.22. The Morgan fingerprint density at radius 2 is 2.10 bits per heavy atom. The Bertz CT molecular complexity index is 626. The summed E-state index contributed by atoms with van der Waals surface area (Å²) in [7, 11) is 0. The molecule has 0 unspecified atom stereocenters. The van der Waals surface area contributed by atoms with Crippen LogP contribution in [0.3, 0.4) is 0 Å². The maximum absolute atomic E-state index is 12.1. The molecule has 2 rings (SSSR count). The molecule has 1 amide bonds. The second kappa shape index (κ2) is 5.97. The average molecular weight is 272 g/mol. The Balaban J connectivity index is 2.19. The van der Waals surface area contributed by atoms with Gasteiger partial charge in [-0.3, -0.25) is 4.79 Å². The molecule has 0 atom stereocenters. The van der Waals surface area contributed by atoms with Crippen molar-refractivity contribution in [1.29, 1.82) is 0 Å². The van der Waals surface area contributed by atoms with E-state index in [9.17, 15) is 9.90 Å². The average Bonchev–Trinajstić information content (AvgIpc) is 2.42. The summed E-state index contributed by atoms with van der Waals surface area (Å²) in [6, 6.07) is 11.3. The van der Waals surface area contributed by atoms with Gasteiger partial charge < -0.3 is 20.9 Å². The second-order valence-corrected chi connectivity index (χ2v) is 4.19. The molecule has 20 heavy (non-hydrogen) atoms. The van der Waals surface area contributed by atoms with E-state index in [4.69, 9.17) is 10.5 Å². The summed E-state index contributed by atoms with van der Waals surface area (Å²) in [5, 5.41) is 12.1. The number of benzene rings is 2. The van der Waals surface area contributed by atoms with E-state index in [1.165, 1.54) is 18.2 Å². The number of phenols is 1. The van der Waals surface area contributed by atoms with E-state index in [1.54, 1.807) is 18.2 Å². The number of nitrogen functional groups attached to an aromatic ring is 1. The van der Waals surface area contributed by atoms with Crippen molar-refractivity contribution >= 4 is 17.3 Å². The van der Waals surface area contributed by atoms with Gasteiger partial charge in [-0.25, -0.2) is 0 Å². The van der Waals surface area contributed by atoms with Crippen LogP contribution in [0.2, 0.25) is 0 Å². The molecule has 5 heteroatoms. The first kappa shape index (κ1) is 13.7. The fourth-order valence-electron chi connectivity index (χ4n) is 1.77. The Morgan fingerprint density at radius 3 is 2.85 bits per heavy atom. The summed E-state index contributed by atoms with van der Waals surface area (Å²) in [5.41, 5.74) is 6.86. The van der Waals surface area contributed by atoms with E-state index in [-0.39, 0.29) is 17.2 Å². The van der Waals surface area contributed by atoms with Crippen molar-refractivity contribution in [3.63, 3.8) is 0 Å². The van der Waals surface area contributed by atoms with Gasteiger partial charge in [0.25, 0.3) is 5.91 Å². The molecule has 0 spiro atoms. The van der Waals surface area contributed by atoms with Crippen molar-refractivity contribution < 1.29 is 14.6 Å². The molecule has 2 aromatic rings. The van der Waals surface area contributed by atoms with Crippen LogP contribution in [0, 0.1) is 0 Å². The Labute approximate surface area is 117 Å². The minimum Gasteiger partial charge on any atom is -0.508 e. The van der Waals surface area contributed by atoms with Gasteiger partial charge in [0, 0.05) is 17.4 Å². The van der Waals surface area contributed by atoms with Gasteiger partial charge in [-0.1, -0.05) is 6.07 Å². The van der Waals surface area contributed by atoms with Gasteiger partial charge in [-0.2, -0.15) is 0 Å². The summed E-state index contributed by atoms with van der Waals surface area (Å²) in [6.07, 6.45) is 0. The largest absolute Gasteiger partial charge is 0.508 e. The molecular formula is C15H16N2O3. The molecule has 0 radical (unpaired) electrons. The number of phenolic OH excluding ortho intramolecular Hbond substituents is 1. The topological polar surface area (TPSA) is 84.6 Å². The van der Waals surface area contributed by atoms with E-state index in [1.807, 2.05) is 13.0 Å². The molecule has 0 aliphatic carbocycles. The number of hydrogen-bond donors (Lipinski definition) is 3. The molecular weight excluding hydrogens is 256 g/mol. The molecule has 0 saturated carbocycles. The predicted octanol–water partition coefficient (Wildman–Crippen LogP) is 2.63. The number of carbonyl (C=O) groups is 1. The van der Waals surface area contributed by atoms with Crippen LogP contribution in [0.4, 0.5) is 11.4 Å². The number of rotatable bonds is 4. The SMILES string of the molecule is CCOc1cccc(NC(=O)c2cc(O)ccc2N)c1. The summed E-state index contributed by atoms with van der Waals surface area (Å²) in [5.74, 6) is 0.286. The van der Waals surface area contributed by atoms with E-state index in [2.05, 4.69) is 5.32 Å². The maximum atomic E-state index is 12.1. The van der Waals surface area contributed by atoms with Gasteiger partial charge >= 0.3 is 0 Å². The van der Waals surface area contributed by atoms with E-state index in [0.717, 1.165) is 0 Å². The summed E-state index contributed by atoms with van der Waals surface area (Å²) < 4.78 is 5.36. The van der Waals surface area contributed by atoms with Gasteiger partial charge in [-0.05, 0) is 37.3 Å². The van der Waals surface area contributed by atoms with Gasteiger partial charge in [-0.15, -0.1) is 0 Å². The van der Waals surface area contributed by atoms with Gasteiger partial charge in [0.1, 0.15) is 11.5 Å². The monoisotopic (exact) mass is 272 g/mol. The standard InChI is InChI=1S/C15H16N2O3/c1-2-20-12-5-3-4-10(8-12)17-15(19)13-9-11(18)6-7-14(13)16/h3-9,18H,2,16H2,1H3,(H,17,19). The van der Waals surface area contributed by atoms with E-state index in [0.29, 0.717) is 23.7 Å². The zero-order chi connectivity index (χ0) is 14.5. The lowest BCUT2D eigenvalue weighted by molar-refractivity contribution is 0.102. The Kier molecular flexibility index (Phi) is 4.10. The van der Waals surface area contributed by atoms with Crippen molar-refractivity contribution in [2.75, 3.05) is 17.7 Å². The third-order valence-corrected chi connectivity index (χ3v) is 2.68. The summed E-state index contributed by atoms with van der Waals surface area (Å²) >= 11 is 0. The summed E-state index contributed by atoms with van der Waals surface area (Å²) in [4.78, 5) is 12.1. The smallest absolute Gasteiger partial charge is 0.257 e. The first-order valence-electron chi connectivity index (χ1n) is 6.23. The third kappa shape index (κ3) is 3.20. The lowest BCUT2D eigenvalue weighted by Crippen LogP contribution is -2.14. The first-order chi connectivity index (χ1) is 9.60.